The largest absolute Gasteiger partial charge is 0.382 e. The van der Waals surface area contributed by atoms with E-state index in [1.165, 1.54) is 12.5 Å². The Morgan fingerprint density at radius 3 is 2.55 bits per heavy atom. The summed E-state index contributed by atoms with van der Waals surface area (Å²) in [5.41, 5.74) is 7.61. The number of nitrogens with one attached hydrogen (secondary N) is 1. The molecule has 2 aromatic heterocycles. The summed E-state index contributed by atoms with van der Waals surface area (Å²) in [6.07, 6.45) is 6.07. The molecule has 0 aliphatic rings. The molecule has 0 fully saturated rings. The van der Waals surface area contributed by atoms with E-state index in [1.807, 2.05) is 18.2 Å². The molecule has 2 heterocycles. The minimum atomic E-state index is -0.421. The lowest BCUT2D eigenvalue weighted by molar-refractivity contribution is 0.102. The Balaban J connectivity index is 0.00000192. The van der Waals surface area contributed by atoms with Gasteiger partial charge in [0.05, 0.1) is 11.9 Å². The predicted molar refractivity (Wildman–Crippen MR) is 84.0 cm³/mol. The molecule has 1 aromatic carbocycles. The van der Waals surface area contributed by atoms with Gasteiger partial charge in [-0.2, -0.15) is 0 Å². The van der Waals surface area contributed by atoms with Crippen LogP contribution in [-0.4, -0.2) is 25.8 Å². The number of carbonyl (C=O) groups is 1. The van der Waals surface area contributed by atoms with E-state index in [4.69, 9.17) is 5.73 Å². The predicted octanol–water partition coefficient (Wildman–Crippen LogP) is 2.01. The van der Waals surface area contributed by atoms with E-state index in [9.17, 15) is 4.79 Å². The Kier molecular flexibility index (Phi) is 3.69. The molecule has 0 spiro atoms. The van der Waals surface area contributed by atoms with E-state index >= 15 is 0 Å². The zero-order valence-electron chi connectivity index (χ0n) is 11.5. The summed E-state index contributed by atoms with van der Waals surface area (Å²) in [7, 11) is 0. The Hall–Kier alpha value is -3.35. The summed E-state index contributed by atoms with van der Waals surface area (Å²) in [4.78, 5) is 28.4. The quantitative estimate of drug-likeness (QED) is 0.765. The van der Waals surface area contributed by atoms with Gasteiger partial charge in [-0.1, -0.05) is 18.2 Å². The van der Waals surface area contributed by atoms with Crippen LogP contribution in [0.1, 0.15) is 11.9 Å². The molecule has 3 aromatic rings. The molecule has 22 heavy (non-hydrogen) atoms. The van der Waals surface area contributed by atoms with Gasteiger partial charge >= 0.3 is 0 Å². The Labute approximate surface area is 127 Å². The highest BCUT2D eigenvalue weighted by Gasteiger charge is 2.15. The second-order valence-electron chi connectivity index (χ2n) is 4.44. The van der Waals surface area contributed by atoms with Gasteiger partial charge in [0.25, 0.3) is 5.91 Å². The average molecular weight is 294 g/mol. The number of nitrogen functional groups attached to an aromatic ring is 1. The van der Waals surface area contributed by atoms with E-state index in [2.05, 4.69) is 25.3 Å². The molecule has 7 heteroatoms. The maximum absolute atomic E-state index is 12.3. The lowest BCUT2D eigenvalue weighted by Gasteiger charge is -2.08. The minimum absolute atomic E-state index is 0. The van der Waals surface area contributed by atoms with Crippen LogP contribution in [0.5, 0.6) is 0 Å². The maximum atomic E-state index is 12.3. The van der Waals surface area contributed by atoms with Crippen LogP contribution >= 0.6 is 0 Å². The van der Waals surface area contributed by atoms with Crippen molar-refractivity contribution in [3.63, 3.8) is 0 Å². The van der Waals surface area contributed by atoms with Crippen molar-refractivity contribution >= 4 is 17.4 Å². The van der Waals surface area contributed by atoms with Crippen LogP contribution in [0.2, 0.25) is 0 Å². The summed E-state index contributed by atoms with van der Waals surface area (Å²) in [5, 5.41) is 2.73. The minimum Gasteiger partial charge on any atom is -0.382 e. The standard InChI is InChI=1S/C15H12N6O.H2/c16-14-13(15(22)20-11-4-2-1-3-5-11)21-12(8-19-14)10-6-17-9-18-7-10;/h1-9H,(H2,16,19)(H,20,22);1H. The van der Waals surface area contributed by atoms with E-state index < -0.39 is 5.91 Å². The highest BCUT2D eigenvalue weighted by Crippen LogP contribution is 2.17. The highest BCUT2D eigenvalue weighted by atomic mass is 16.1. The van der Waals surface area contributed by atoms with Gasteiger partial charge in [0.2, 0.25) is 0 Å². The molecule has 3 rings (SSSR count). The molecule has 0 radical (unpaired) electrons. The molecule has 0 bridgehead atoms. The van der Waals surface area contributed by atoms with Crippen molar-refractivity contribution in [1.29, 1.82) is 0 Å². The molecule has 0 atom stereocenters. The summed E-state index contributed by atoms with van der Waals surface area (Å²) in [6, 6.07) is 9.05. The number of para-hydroxylation sites is 1. The number of amides is 1. The van der Waals surface area contributed by atoms with Gasteiger partial charge in [0, 0.05) is 25.1 Å². The number of benzene rings is 1. The zero-order valence-corrected chi connectivity index (χ0v) is 11.5. The fourth-order valence-electron chi connectivity index (χ4n) is 1.85. The first-order chi connectivity index (χ1) is 10.7. The molecule has 0 unspecified atom stereocenters. The van der Waals surface area contributed by atoms with Crippen LogP contribution in [0.15, 0.2) is 55.2 Å². The van der Waals surface area contributed by atoms with E-state index in [-0.39, 0.29) is 12.9 Å². The number of hydrogen-bond acceptors (Lipinski definition) is 6. The van der Waals surface area contributed by atoms with Crippen LogP contribution in [0.4, 0.5) is 11.5 Å². The molecule has 110 valence electrons. The molecule has 0 saturated heterocycles. The number of carbonyl (C=O) groups excluding carboxylic acids is 1. The normalized spacial score (nSPS) is 10.2. The first kappa shape index (κ1) is 13.6. The maximum Gasteiger partial charge on any atom is 0.278 e. The van der Waals surface area contributed by atoms with Gasteiger partial charge in [-0.05, 0) is 12.1 Å². The van der Waals surface area contributed by atoms with E-state index in [1.54, 1.807) is 24.5 Å². The number of anilines is 2. The second kappa shape index (κ2) is 5.96. The first-order valence-corrected chi connectivity index (χ1v) is 6.48. The van der Waals surface area contributed by atoms with E-state index in [0.717, 1.165) is 0 Å². The molecule has 0 saturated carbocycles. The van der Waals surface area contributed by atoms with Gasteiger partial charge in [0.15, 0.2) is 11.5 Å². The number of rotatable bonds is 3. The number of nitrogens with two attached hydrogens (primary N) is 1. The smallest absolute Gasteiger partial charge is 0.278 e. The molecule has 7 nitrogen and oxygen atoms in total. The van der Waals surface area contributed by atoms with Crippen molar-refractivity contribution in [2.45, 2.75) is 0 Å². The summed E-state index contributed by atoms with van der Waals surface area (Å²) in [6.45, 7) is 0. The van der Waals surface area contributed by atoms with Gasteiger partial charge in [-0.3, -0.25) is 4.79 Å². The fourth-order valence-corrected chi connectivity index (χ4v) is 1.85. The Morgan fingerprint density at radius 1 is 1.09 bits per heavy atom. The molecule has 0 aliphatic heterocycles. The molecule has 0 aliphatic carbocycles. The molecule has 1 amide bonds. The van der Waals surface area contributed by atoms with Crippen molar-refractivity contribution in [1.82, 2.24) is 19.9 Å². The van der Waals surface area contributed by atoms with Crippen LogP contribution < -0.4 is 11.1 Å². The summed E-state index contributed by atoms with van der Waals surface area (Å²) >= 11 is 0. The lowest BCUT2D eigenvalue weighted by Crippen LogP contribution is -2.17. The van der Waals surface area contributed by atoms with Crippen molar-refractivity contribution < 1.29 is 6.22 Å². The van der Waals surface area contributed by atoms with Gasteiger partial charge in [-0.15, -0.1) is 0 Å². The van der Waals surface area contributed by atoms with Crippen LogP contribution in [0.25, 0.3) is 11.3 Å². The number of aromatic nitrogens is 4. The number of hydrogen-bond donors (Lipinski definition) is 2. The highest BCUT2D eigenvalue weighted by molar-refractivity contribution is 6.05. The van der Waals surface area contributed by atoms with Crippen LogP contribution in [0, 0.1) is 0 Å². The Morgan fingerprint density at radius 2 is 1.82 bits per heavy atom. The lowest BCUT2D eigenvalue weighted by atomic mass is 10.2. The van der Waals surface area contributed by atoms with Gasteiger partial charge in [-0.25, -0.2) is 19.9 Å². The average Bonchev–Trinajstić information content (AvgIpc) is 2.57. The van der Waals surface area contributed by atoms with Gasteiger partial charge in [0.1, 0.15) is 6.33 Å². The Bertz CT molecular complexity index is 798. The summed E-state index contributed by atoms with van der Waals surface area (Å²) in [5.74, 6) is -0.357. The third kappa shape index (κ3) is 2.88. The van der Waals surface area contributed by atoms with Crippen LogP contribution in [-0.2, 0) is 0 Å². The summed E-state index contributed by atoms with van der Waals surface area (Å²) < 4.78 is 0. The third-order valence-corrected chi connectivity index (χ3v) is 2.90. The van der Waals surface area contributed by atoms with Crippen molar-refractivity contribution in [3.05, 3.63) is 60.9 Å². The van der Waals surface area contributed by atoms with Crippen molar-refractivity contribution in [2.24, 2.45) is 0 Å². The SMILES string of the molecule is Nc1ncc(-c2cncnc2)nc1C(=O)Nc1ccccc1.[HH]. The number of nitrogens with zero attached hydrogens (tertiary/aromatic N) is 4. The monoisotopic (exact) mass is 294 g/mol. The van der Waals surface area contributed by atoms with Crippen molar-refractivity contribution in [2.75, 3.05) is 11.1 Å². The first-order valence-electron chi connectivity index (χ1n) is 6.48. The second-order valence-corrected chi connectivity index (χ2v) is 4.44. The third-order valence-electron chi connectivity index (χ3n) is 2.90. The van der Waals surface area contributed by atoms with E-state index in [0.29, 0.717) is 16.9 Å². The molecule has 3 N–H and O–H groups in total. The van der Waals surface area contributed by atoms with Crippen LogP contribution in [0.3, 0.4) is 0 Å². The molecular formula is C15H14N6O. The topological polar surface area (TPSA) is 107 Å². The fraction of sp³-hybridized carbons (Fsp3) is 0. The zero-order chi connectivity index (χ0) is 15.4. The molecular weight excluding hydrogens is 280 g/mol. The van der Waals surface area contributed by atoms with Gasteiger partial charge < -0.3 is 11.1 Å². The van der Waals surface area contributed by atoms with Crippen molar-refractivity contribution in [3.8, 4) is 11.3 Å².